The summed E-state index contributed by atoms with van der Waals surface area (Å²) in [5.41, 5.74) is 1.18. The molecule has 3 atom stereocenters. The first-order chi connectivity index (χ1) is 8.13. The van der Waals surface area contributed by atoms with E-state index in [1.807, 2.05) is 19.2 Å². The number of hydrogen-bond acceptors (Lipinski definition) is 1. The summed E-state index contributed by atoms with van der Waals surface area (Å²) in [4.78, 5) is 0. The van der Waals surface area contributed by atoms with Gasteiger partial charge in [-0.25, -0.2) is 0 Å². The zero-order valence-electron chi connectivity index (χ0n) is 10.3. The maximum Gasteiger partial charge on any atom is 0.0468 e. The second-order valence-corrected chi connectivity index (χ2v) is 5.85. The Labute approximate surface area is 114 Å². The van der Waals surface area contributed by atoms with Gasteiger partial charge >= 0.3 is 0 Å². The van der Waals surface area contributed by atoms with Crippen molar-refractivity contribution in [3.8, 4) is 0 Å². The van der Waals surface area contributed by atoms with E-state index in [-0.39, 0.29) is 0 Å². The number of rotatable bonds is 3. The molecular weight excluding hydrogens is 253 g/mol. The number of benzene rings is 1. The smallest absolute Gasteiger partial charge is 0.0468 e. The van der Waals surface area contributed by atoms with Gasteiger partial charge in [0.1, 0.15) is 0 Å². The molecule has 94 valence electrons. The van der Waals surface area contributed by atoms with E-state index < -0.39 is 0 Å². The van der Waals surface area contributed by atoms with Gasteiger partial charge in [-0.15, -0.1) is 0 Å². The van der Waals surface area contributed by atoms with Crippen LogP contribution < -0.4 is 5.32 Å². The molecule has 0 aromatic heterocycles. The van der Waals surface area contributed by atoms with Crippen LogP contribution in [0.3, 0.4) is 0 Å². The van der Waals surface area contributed by atoms with Gasteiger partial charge < -0.3 is 5.32 Å². The zero-order valence-corrected chi connectivity index (χ0v) is 11.9. The van der Waals surface area contributed by atoms with Gasteiger partial charge in [-0.3, -0.25) is 0 Å². The van der Waals surface area contributed by atoms with Crippen LogP contribution in [-0.4, -0.2) is 7.05 Å². The first kappa shape index (κ1) is 13.2. The van der Waals surface area contributed by atoms with Gasteiger partial charge in [-0.2, -0.15) is 0 Å². The molecule has 1 N–H and O–H groups in total. The Bertz CT molecular complexity index is 392. The molecule has 1 nitrogen and oxygen atoms in total. The number of nitrogens with one attached hydrogen (secondary N) is 1. The first-order valence-corrected chi connectivity index (χ1v) is 7.01. The summed E-state index contributed by atoms with van der Waals surface area (Å²) in [6.07, 6.45) is 3.94. The van der Waals surface area contributed by atoms with Crippen molar-refractivity contribution in [2.75, 3.05) is 7.05 Å². The van der Waals surface area contributed by atoms with E-state index in [0.717, 1.165) is 10.9 Å². The maximum atomic E-state index is 6.30. The van der Waals surface area contributed by atoms with Crippen LogP contribution in [0.1, 0.15) is 37.8 Å². The average molecular weight is 272 g/mol. The molecule has 1 saturated carbocycles. The van der Waals surface area contributed by atoms with E-state index >= 15 is 0 Å². The topological polar surface area (TPSA) is 12.0 Å². The molecule has 1 aromatic rings. The molecule has 0 radical (unpaired) electrons. The summed E-state index contributed by atoms with van der Waals surface area (Å²) < 4.78 is 0. The summed E-state index contributed by atoms with van der Waals surface area (Å²) in [5.74, 6) is 1.44. The van der Waals surface area contributed by atoms with Gasteiger partial charge in [0.2, 0.25) is 0 Å². The number of hydrogen-bond donors (Lipinski definition) is 1. The van der Waals surface area contributed by atoms with Crippen LogP contribution in [-0.2, 0) is 0 Å². The molecule has 17 heavy (non-hydrogen) atoms. The summed E-state index contributed by atoms with van der Waals surface area (Å²) in [6.45, 7) is 2.34. The minimum absolute atomic E-state index is 0.345. The third kappa shape index (κ3) is 2.78. The molecular formula is C14H19Cl2N. The van der Waals surface area contributed by atoms with E-state index in [4.69, 9.17) is 23.2 Å². The highest BCUT2D eigenvalue weighted by atomic mass is 35.5. The predicted molar refractivity (Wildman–Crippen MR) is 74.8 cm³/mol. The molecule has 3 heteroatoms. The Morgan fingerprint density at radius 2 is 2.06 bits per heavy atom. The van der Waals surface area contributed by atoms with Crippen LogP contribution in [0.25, 0.3) is 0 Å². The molecule has 0 amide bonds. The first-order valence-electron chi connectivity index (χ1n) is 6.25. The minimum atomic E-state index is 0.345. The van der Waals surface area contributed by atoms with E-state index in [0.29, 0.717) is 17.0 Å². The van der Waals surface area contributed by atoms with Crippen LogP contribution in [0, 0.1) is 11.8 Å². The monoisotopic (exact) mass is 271 g/mol. The number of halogens is 2. The van der Waals surface area contributed by atoms with Crippen LogP contribution in [0.4, 0.5) is 0 Å². The lowest BCUT2D eigenvalue weighted by Crippen LogP contribution is -2.27. The van der Waals surface area contributed by atoms with Gasteiger partial charge in [-0.05, 0) is 43.0 Å². The van der Waals surface area contributed by atoms with Gasteiger partial charge in [0.15, 0.2) is 0 Å². The molecule has 1 aliphatic carbocycles. The lowest BCUT2D eigenvalue weighted by molar-refractivity contribution is 0.315. The Kier molecular flexibility index (Phi) is 4.35. The highest BCUT2D eigenvalue weighted by Crippen LogP contribution is 2.41. The highest BCUT2D eigenvalue weighted by molar-refractivity contribution is 6.35. The van der Waals surface area contributed by atoms with Gasteiger partial charge in [0.05, 0.1) is 0 Å². The summed E-state index contributed by atoms with van der Waals surface area (Å²) >= 11 is 12.3. The molecule has 0 saturated heterocycles. The van der Waals surface area contributed by atoms with E-state index in [9.17, 15) is 0 Å². The van der Waals surface area contributed by atoms with Crippen molar-refractivity contribution in [2.24, 2.45) is 11.8 Å². The van der Waals surface area contributed by atoms with Crippen LogP contribution >= 0.6 is 23.2 Å². The van der Waals surface area contributed by atoms with Crippen LogP contribution in [0.5, 0.6) is 0 Å². The van der Waals surface area contributed by atoms with Crippen molar-refractivity contribution in [2.45, 2.75) is 32.2 Å². The quantitative estimate of drug-likeness (QED) is 0.841. The molecule has 0 bridgehead atoms. The zero-order chi connectivity index (χ0) is 12.4. The van der Waals surface area contributed by atoms with E-state index in [1.54, 1.807) is 0 Å². The third-order valence-electron chi connectivity index (χ3n) is 3.96. The fourth-order valence-electron chi connectivity index (χ4n) is 3.02. The molecule has 0 aliphatic heterocycles. The molecule has 0 spiro atoms. The van der Waals surface area contributed by atoms with Gasteiger partial charge in [0.25, 0.3) is 0 Å². The van der Waals surface area contributed by atoms with E-state index in [2.05, 4.69) is 18.3 Å². The Balaban J connectivity index is 2.28. The predicted octanol–water partition coefficient (Wildman–Crippen LogP) is 4.69. The molecule has 3 unspecified atom stereocenters. The van der Waals surface area contributed by atoms with Crippen molar-refractivity contribution >= 4 is 23.2 Å². The highest BCUT2D eigenvalue weighted by Gasteiger charge is 2.31. The minimum Gasteiger partial charge on any atom is -0.313 e. The largest absolute Gasteiger partial charge is 0.313 e. The van der Waals surface area contributed by atoms with Crippen molar-refractivity contribution in [1.82, 2.24) is 5.32 Å². The second-order valence-electron chi connectivity index (χ2n) is 5.00. The van der Waals surface area contributed by atoms with Crippen LogP contribution in [0.2, 0.25) is 10.0 Å². The van der Waals surface area contributed by atoms with Crippen LogP contribution in [0.15, 0.2) is 18.2 Å². The van der Waals surface area contributed by atoms with Crippen molar-refractivity contribution < 1.29 is 0 Å². The summed E-state index contributed by atoms with van der Waals surface area (Å²) in [6, 6.07) is 6.16. The average Bonchev–Trinajstić information content (AvgIpc) is 2.69. The van der Waals surface area contributed by atoms with E-state index in [1.165, 1.54) is 24.8 Å². The molecule has 0 heterocycles. The Hall–Kier alpha value is -0.240. The summed E-state index contributed by atoms with van der Waals surface area (Å²) in [7, 11) is 2.01. The fourth-order valence-corrected chi connectivity index (χ4v) is 3.55. The standard InChI is InChI=1S/C14H19Cl2N/c1-9-4-3-5-11(9)14(17-2)12-7-6-10(15)8-13(12)16/h6-9,11,14,17H,3-5H2,1-2H3. The van der Waals surface area contributed by atoms with Gasteiger partial charge in [0, 0.05) is 16.1 Å². The second kappa shape index (κ2) is 5.60. The SMILES string of the molecule is CNC(c1ccc(Cl)cc1Cl)C1CCCC1C. The fraction of sp³-hybridized carbons (Fsp3) is 0.571. The lowest BCUT2D eigenvalue weighted by Gasteiger charge is -2.27. The third-order valence-corrected chi connectivity index (χ3v) is 4.53. The molecule has 2 rings (SSSR count). The lowest BCUT2D eigenvalue weighted by atomic mass is 9.86. The summed E-state index contributed by atoms with van der Waals surface area (Å²) in [5, 5.41) is 4.90. The Morgan fingerprint density at radius 1 is 1.29 bits per heavy atom. The molecule has 1 fully saturated rings. The van der Waals surface area contributed by atoms with Crippen molar-refractivity contribution in [3.05, 3.63) is 33.8 Å². The van der Waals surface area contributed by atoms with Crippen molar-refractivity contribution in [1.29, 1.82) is 0 Å². The Morgan fingerprint density at radius 3 is 2.59 bits per heavy atom. The molecule has 1 aliphatic rings. The normalized spacial score (nSPS) is 26.1. The van der Waals surface area contributed by atoms with Gasteiger partial charge in [-0.1, -0.05) is 49.0 Å². The maximum absolute atomic E-state index is 6.30. The molecule has 1 aromatic carbocycles. The van der Waals surface area contributed by atoms with Crippen molar-refractivity contribution in [3.63, 3.8) is 0 Å².